The molecule has 110 valence electrons. The van der Waals surface area contributed by atoms with Gasteiger partial charge in [-0.15, -0.1) is 0 Å². The summed E-state index contributed by atoms with van der Waals surface area (Å²) < 4.78 is 10.9. The van der Waals surface area contributed by atoms with Crippen LogP contribution in [-0.2, 0) is 9.47 Å². The third-order valence-electron chi connectivity index (χ3n) is 3.41. The Bertz CT molecular complexity index is 456. The van der Waals surface area contributed by atoms with Gasteiger partial charge in [-0.25, -0.2) is 4.79 Å². The molecular formula is C15H22N2O3. The third-order valence-corrected chi connectivity index (χ3v) is 3.41. The predicted molar refractivity (Wildman–Crippen MR) is 77.7 cm³/mol. The number of nitrogen functional groups attached to an aromatic ring is 1. The number of hydrogen-bond acceptors (Lipinski definition) is 5. The topological polar surface area (TPSA) is 64.8 Å². The fourth-order valence-electron chi connectivity index (χ4n) is 2.35. The quantitative estimate of drug-likeness (QED) is 0.667. The zero-order valence-electron chi connectivity index (χ0n) is 12.1. The summed E-state index contributed by atoms with van der Waals surface area (Å²) in [6.45, 7) is 7.72. The van der Waals surface area contributed by atoms with Crippen molar-refractivity contribution in [1.82, 2.24) is 4.90 Å². The Morgan fingerprint density at radius 3 is 3.00 bits per heavy atom. The highest BCUT2D eigenvalue weighted by molar-refractivity contribution is 5.90. The molecule has 0 radical (unpaired) electrons. The van der Waals surface area contributed by atoms with Crippen molar-refractivity contribution < 1.29 is 14.3 Å². The standard InChI is InChI=1S/C15H22N2O3/c1-3-17-4-5-19-14(9-17)10-20-15(18)12-6-11(2)7-13(16)8-12/h6-8,14H,3-5,9-10,16H2,1-2H3. The van der Waals surface area contributed by atoms with E-state index in [4.69, 9.17) is 15.2 Å². The average molecular weight is 278 g/mol. The zero-order chi connectivity index (χ0) is 14.5. The molecule has 2 rings (SSSR count). The van der Waals surface area contributed by atoms with E-state index in [1.54, 1.807) is 12.1 Å². The molecule has 1 aromatic carbocycles. The van der Waals surface area contributed by atoms with Crippen molar-refractivity contribution in [3.05, 3.63) is 29.3 Å². The van der Waals surface area contributed by atoms with E-state index in [9.17, 15) is 4.79 Å². The summed E-state index contributed by atoms with van der Waals surface area (Å²) in [6, 6.07) is 5.23. The number of nitrogens with two attached hydrogens (primary N) is 1. The van der Waals surface area contributed by atoms with Gasteiger partial charge in [-0.2, -0.15) is 0 Å². The van der Waals surface area contributed by atoms with Crippen LogP contribution in [0.25, 0.3) is 0 Å². The van der Waals surface area contributed by atoms with Gasteiger partial charge in [0.1, 0.15) is 12.7 Å². The van der Waals surface area contributed by atoms with Gasteiger partial charge in [0, 0.05) is 18.8 Å². The number of rotatable bonds is 4. The summed E-state index contributed by atoms with van der Waals surface area (Å²) in [5, 5.41) is 0. The van der Waals surface area contributed by atoms with Crippen LogP contribution in [-0.4, -0.2) is 49.8 Å². The molecule has 1 saturated heterocycles. The Morgan fingerprint density at radius 2 is 2.30 bits per heavy atom. The fourth-order valence-corrected chi connectivity index (χ4v) is 2.35. The van der Waals surface area contributed by atoms with Crippen molar-refractivity contribution >= 4 is 11.7 Å². The second kappa shape index (κ2) is 6.72. The monoisotopic (exact) mass is 278 g/mol. The van der Waals surface area contributed by atoms with Crippen LogP contribution in [0.1, 0.15) is 22.8 Å². The van der Waals surface area contributed by atoms with Crippen molar-refractivity contribution in [2.75, 3.05) is 38.6 Å². The lowest BCUT2D eigenvalue weighted by atomic mass is 10.1. The van der Waals surface area contributed by atoms with Crippen LogP contribution >= 0.6 is 0 Å². The molecule has 1 atom stereocenters. The first-order valence-electron chi connectivity index (χ1n) is 6.96. The molecule has 5 heteroatoms. The van der Waals surface area contributed by atoms with Gasteiger partial charge in [0.25, 0.3) is 0 Å². The number of morpholine rings is 1. The first kappa shape index (κ1) is 14.8. The molecule has 20 heavy (non-hydrogen) atoms. The largest absolute Gasteiger partial charge is 0.459 e. The molecule has 1 heterocycles. The van der Waals surface area contributed by atoms with E-state index in [-0.39, 0.29) is 18.7 Å². The zero-order valence-corrected chi connectivity index (χ0v) is 12.1. The van der Waals surface area contributed by atoms with E-state index in [1.807, 2.05) is 13.0 Å². The normalized spacial score (nSPS) is 19.8. The highest BCUT2D eigenvalue weighted by Crippen LogP contribution is 2.13. The number of carbonyl (C=O) groups excluding carboxylic acids is 1. The van der Waals surface area contributed by atoms with Crippen molar-refractivity contribution in [2.45, 2.75) is 20.0 Å². The highest BCUT2D eigenvalue weighted by atomic mass is 16.6. The number of likely N-dealkylation sites (N-methyl/N-ethyl adjacent to an activating group) is 1. The molecule has 0 aliphatic carbocycles. The minimum atomic E-state index is -0.349. The van der Waals surface area contributed by atoms with Gasteiger partial charge >= 0.3 is 5.97 Å². The Balaban J connectivity index is 1.88. The van der Waals surface area contributed by atoms with Crippen LogP contribution in [0.4, 0.5) is 5.69 Å². The third kappa shape index (κ3) is 3.95. The number of carbonyl (C=O) groups is 1. The second-order valence-electron chi connectivity index (χ2n) is 5.12. The Morgan fingerprint density at radius 1 is 1.50 bits per heavy atom. The number of benzene rings is 1. The second-order valence-corrected chi connectivity index (χ2v) is 5.12. The fraction of sp³-hybridized carbons (Fsp3) is 0.533. The molecule has 0 spiro atoms. The van der Waals surface area contributed by atoms with Gasteiger partial charge in [0.05, 0.1) is 12.2 Å². The van der Waals surface area contributed by atoms with Gasteiger partial charge in [0.2, 0.25) is 0 Å². The molecule has 1 aromatic rings. The van der Waals surface area contributed by atoms with E-state index >= 15 is 0 Å². The maximum absolute atomic E-state index is 12.0. The molecule has 1 unspecified atom stereocenters. The van der Waals surface area contributed by atoms with Crippen molar-refractivity contribution in [3.8, 4) is 0 Å². The van der Waals surface area contributed by atoms with E-state index in [2.05, 4.69) is 11.8 Å². The van der Waals surface area contributed by atoms with Gasteiger partial charge in [0.15, 0.2) is 0 Å². The highest BCUT2D eigenvalue weighted by Gasteiger charge is 2.21. The summed E-state index contributed by atoms with van der Waals surface area (Å²) in [6.07, 6.45) is -0.0465. The summed E-state index contributed by atoms with van der Waals surface area (Å²) in [5.74, 6) is -0.349. The SMILES string of the molecule is CCN1CCOC(COC(=O)c2cc(C)cc(N)c2)C1. The lowest BCUT2D eigenvalue weighted by Gasteiger charge is -2.31. The molecule has 1 aliphatic rings. The summed E-state index contributed by atoms with van der Waals surface area (Å²) in [4.78, 5) is 14.3. The van der Waals surface area contributed by atoms with Crippen LogP contribution in [0.3, 0.4) is 0 Å². The molecule has 2 N–H and O–H groups in total. The lowest BCUT2D eigenvalue weighted by Crippen LogP contribution is -2.44. The van der Waals surface area contributed by atoms with Crippen molar-refractivity contribution in [3.63, 3.8) is 0 Å². The predicted octanol–water partition coefficient (Wildman–Crippen LogP) is 1.45. The number of ether oxygens (including phenoxy) is 2. The molecule has 0 amide bonds. The molecule has 1 fully saturated rings. The van der Waals surface area contributed by atoms with Gasteiger partial charge in [-0.05, 0) is 37.2 Å². The van der Waals surface area contributed by atoms with Crippen LogP contribution in [0, 0.1) is 6.92 Å². The van der Waals surface area contributed by atoms with E-state index in [0.717, 1.165) is 25.2 Å². The number of aryl methyl sites for hydroxylation is 1. The minimum absolute atomic E-state index is 0.0465. The summed E-state index contributed by atoms with van der Waals surface area (Å²) in [7, 11) is 0. The van der Waals surface area contributed by atoms with Crippen molar-refractivity contribution in [1.29, 1.82) is 0 Å². The Labute approximate surface area is 119 Å². The minimum Gasteiger partial charge on any atom is -0.459 e. The molecule has 5 nitrogen and oxygen atoms in total. The Kier molecular flexibility index (Phi) is 4.98. The first-order valence-corrected chi connectivity index (χ1v) is 6.96. The van der Waals surface area contributed by atoms with E-state index in [1.165, 1.54) is 0 Å². The summed E-state index contributed by atoms with van der Waals surface area (Å²) in [5.41, 5.74) is 7.74. The molecular weight excluding hydrogens is 256 g/mol. The van der Waals surface area contributed by atoms with Crippen LogP contribution in [0.2, 0.25) is 0 Å². The van der Waals surface area contributed by atoms with Gasteiger partial charge in [-0.1, -0.05) is 6.92 Å². The van der Waals surface area contributed by atoms with Gasteiger partial charge in [-0.3, -0.25) is 4.90 Å². The maximum Gasteiger partial charge on any atom is 0.338 e. The van der Waals surface area contributed by atoms with Crippen LogP contribution in [0.5, 0.6) is 0 Å². The first-order chi connectivity index (χ1) is 9.58. The number of anilines is 1. The molecule has 0 saturated carbocycles. The van der Waals surface area contributed by atoms with Crippen LogP contribution < -0.4 is 5.73 Å². The maximum atomic E-state index is 12.0. The molecule has 0 aromatic heterocycles. The van der Waals surface area contributed by atoms with Gasteiger partial charge < -0.3 is 15.2 Å². The van der Waals surface area contributed by atoms with Crippen LogP contribution in [0.15, 0.2) is 18.2 Å². The number of nitrogens with zero attached hydrogens (tertiary/aromatic N) is 1. The number of hydrogen-bond donors (Lipinski definition) is 1. The molecule has 0 bridgehead atoms. The smallest absolute Gasteiger partial charge is 0.338 e. The number of esters is 1. The lowest BCUT2D eigenvalue weighted by molar-refractivity contribution is -0.0578. The molecule has 1 aliphatic heterocycles. The van der Waals surface area contributed by atoms with E-state index in [0.29, 0.717) is 17.9 Å². The van der Waals surface area contributed by atoms with E-state index < -0.39 is 0 Å². The average Bonchev–Trinajstić information content (AvgIpc) is 2.44. The Hall–Kier alpha value is -1.59. The van der Waals surface area contributed by atoms with Crippen molar-refractivity contribution in [2.24, 2.45) is 0 Å². The summed E-state index contributed by atoms with van der Waals surface area (Å²) >= 11 is 0.